The van der Waals surface area contributed by atoms with Gasteiger partial charge in [0, 0.05) is 9.92 Å². The van der Waals surface area contributed by atoms with Crippen molar-refractivity contribution < 1.29 is 4.79 Å². The molecule has 90 valence electrons. The van der Waals surface area contributed by atoms with Gasteiger partial charge >= 0.3 is 0 Å². The van der Waals surface area contributed by atoms with Gasteiger partial charge in [0.05, 0.1) is 5.75 Å². The molecule has 1 aliphatic heterocycles. The van der Waals surface area contributed by atoms with Crippen molar-refractivity contribution in [2.75, 3.05) is 5.75 Å². The highest BCUT2D eigenvalue weighted by atomic mass is 35.5. The molecule has 3 nitrogen and oxygen atoms in total. The van der Waals surface area contributed by atoms with Crippen LogP contribution in [0.3, 0.4) is 0 Å². The van der Waals surface area contributed by atoms with Gasteiger partial charge < -0.3 is 5.32 Å². The Morgan fingerprint density at radius 1 is 1.41 bits per heavy atom. The zero-order valence-electron chi connectivity index (χ0n) is 9.44. The molecule has 0 fully saturated rings. The van der Waals surface area contributed by atoms with E-state index in [4.69, 9.17) is 11.6 Å². The Morgan fingerprint density at radius 3 is 2.71 bits per heavy atom. The Morgan fingerprint density at radius 2 is 2.12 bits per heavy atom. The number of nitrogens with zero attached hydrogens (tertiary/aromatic N) is 1. The van der Waals surface area contributed by atoms with Gasteiger partial charge in [0.15, 0.2) is 0 Å². The SMILES string of the molecule is CCC1N=C(CSc2ccc(Cl)cc2)NC1=O. The van der Waals surface area contributed by atoms with Crippen molar-refractivity contribution in [1.29, 1.82) is 0 Å². The Balaban J connectivity index is 1.91. The third kappa shape index (κ3) is 3.23. The first-order valence-electron chi connectivity index (χ1n) is 5.45. The average molecular weight is 269 g/mol. The van der Waals surface area contributed by atoms with Crippen LogP contribution in [0.1, 0.15) is 13.3 Å². The Hall–Kier alpha value is -1.00. The Labute approximate surface area is 110 Å². The molecule has 0 saturated carbocycles. The van der Waals surface area contributed by atoms with Gasteiger partial charge in [-0.3, -0.25) is 9.79 Å². The third-order valence-electron chi connectivity index (χ3n) is 2.46. The molecule has 1 heterocycles. The van der Waals surface area contributed by atoms with Crippen LogP contribution in [-0.4, -0.2) is 23.5 Å². The fraction of sp³-hybridized carbons (Fsp3) is 0.333. The van der Waals surface area contributed by atoms with Gasteiger partial charge in [-0.05, 0) is 30.7 Å². The lowest BCUT2D eigenvalue weighted by atomic mass is 10.2. The summed E-state index contributed by atoms with van der Waals surface area (Å²) in [5, 5.41) is 3.53. The van der Waals surface area contributed by atoms with Crippen LogP contribution in [0, 0.1) is 0 Å². The summed E-state index contributed by atoms with van der Waals surface area (Å²) in [6.07, 6.45) is 0.751. The van der Waals surface area contributed by atoms with Crippen LogP contribution >= 0.6 is 23.4 Å². The van der Waals surface area contributed by atoms with Crippen molar-refractivity contribution in [2.45, 2.75) is 24.3 Å². The van der Waals surface area contributed by atoms with Crippen molar-refractivity contribution >= 4 is 35.1 Å². The second-order valence-corrected chi connectivity index (χ2v) is 5.22. The van der Waals surface area contributed by atoms with E-state index in [2.05, 4.69) is 10.3 Å². The van der Waals surface area contributed by atoms with Crippen LogP contribution in [-0.2, 0) is 4.79 Å². The maximum Gasteiger partial charge on any atom is 0.250 e. The lowest BCUT2D eigenvalue weighted by molar-refractivity contribution is -0.120. The molecule has 1 unspecified atom stereocenters. The van der Waals surface area contributed by atoms with Crippen molar-refractivity contribution in [3.8, 4) is 0 Å². The molecule has 1 aromatic carbocycles. The van der Waals surface area contributed by atoms with E-state index in [1.54, 1.807) is 11.8 Å². The van der Waals surface area contributed by atoms with E-state index in [9.17, 15) is 4.79 Å². The van der Waals surface area contributed by atoms with Crippen LogP contribution in [0.5, 0.6) is 0 Å². The molecule has 0 aromatic heterocycles. The van der Waals surface area contributed by atoms with E-state index in [-0.39, 0.29) is 11.9 Å². The summed E-state index contributed by atoms with van der Waals surface area (Å²) >= 11 is 7.44. The molecule has 0 saturated heterocycles. The maximum atomic E-state index is 11.4. The van der Waals surface area contributed by atoms with Crippen molar-refractivity contribution in [2.24, 2.45) is 4.99 Å². The maximum absolute atomic E-state index is 11.4. The van der Waals surface area contributed by atoms with Gasteiger partial charge in [0.1, 0.15) is 11.9 Å². The molecule has 0 aliphatic carbocycles. The first kappa shape index (κ1) is 12.5. The van der Waals surface area contributed by atoms with Gasteiger partial charge in [-0.1, -0.05) is 18.5 Å². The predicted octanol–water partition coefficient (Wildman–Crippen LogP) is 2.74. The van der Waals surface area contributed by atoms with Gasteiger partial charge in [0.2, 0.25) is 5.91 Å². The summed E-state index contributed by atoms with van der Waals surface area (Å²) in [6, 6.07) is 7.43. The normalized spacial score (nSPS) is 19.1. The summed E-state index contributed by atoms with van der Waals surface area (Å²) in [4.78, 5) is 16.9. The third-order valence-corrected chi connectivity index (χ3v) is 3.73. The van der Waals surface area contributed by atoms with Gasteiger partial charge in [-0.15, -0.1) is 11.8 Å². The number of hydrogen-bond acceptors (Lipinski definition) is 3. The van der Waals surface area contributed by atoms with E-state index in [0.717, 1.165) is 22.2 Å². The number of carbonyl (C=O) groups excluding carboxylic acids is 1. The first-order chi connectivity index (χ1) is 8.19. The quantitative estimate of drug-likeness (QED) is 0.853. The lowest BCUT2D eigenvalue weighted by Gasteiger charge is -2.01. The Bertz CT molecular complexity index is 444. The molecule has 1 aliphatic rings. The van der Waals surface area contributed by atoms with Crippen LogP contribution in [0.15, 0.2) is 34.2 Å². The molecular formula is C12H13ClN2OS. The van der Waals surface area contributed by atoms with Crippen LogP contribution in [0.2, 0.25) is 5.02 Å². The zero-order valence-corrected chi connectivity index (χ0v) is 11.0. The monoisotopic (exact) mass is 268 g/mol. The van der Waals surface area contributed by atoms with E-state index < -0.39 is 0 Å². The minimum absolute atomic E-state index is 0.0132. The molecule has 1 aromatic rings. The average Bonchev–Trinajstić information content (AvgIpc) is 2.69. The standard InChI is InChI=1S/C12H13ClN2OS/c1-2-10-12(16)15-11(14-10)7-17-9-5-3-8(13)4-6-9/h3-6,10H,2,7H2,1H3,(H,14,15,16). The lowest BCUT2D eigenvalue weighted by Crippen LogP contribution is -2.29. The highest BCUT2D eigenvalue weighted by molar-refractivity contribution is 8.00. The molecule has 17 heavy (non-hydrogen) atoms. The molecular weight excluding hydrogens is 256 g/mol. The van der Waals surface area contributed by atoms with Crippen molar-refractivity contribution in [3.05, 3.63) is 29.3 Å². The summed E-state index contributed by atoms with van der Waals surface area (Å²) in [5.74, 6) is 1.46. The molecule has 2 rings (SSSR count). The van der Waals surface area contributed by atoms with Crippen LogP contribution in [0.4, 0.5) is 0 Å². The fourth-order valence-electron chi connectivity index (χ4n) is 1.54. The molecule has 0 spiro atoms. The second kappa shape index (κ2) is 5.56. The van der Waals surface area contributed by atoms with E-state index in [1.165, 1.54) is 0 Å². The highest BCUT2D eigenvalue weighted by Crippen LogP contribution is 2.21. The number of nitrogens with one attached hydrogen (secondary N) is 1. The second-order valence-electron chi connectivity index (χ2n) is 3.73. The largest absolute Gasteiger partial charge is 0.312 e. The summed E-state index contributed by atoms with van der Waals surface area (Å²) in [5.41, 5.74) is 0. The number of hydrogen-bond donors (Lipinski definition) is 1. The van der Waals surface area contributed by atoms with Crippen LogP contribution in [0.25, 0.3) is 0 Å². The fourth-order valence-corrected chi connectivity index (χ4v) is 2.44. The summed E-state index contributed by atoms with van der Waals surface area (Å²) in [6.45, 7) is 1.96. The smallest absolute Gasteiger partial charge is 0.250 e. The predicted molar refractivity (Wildman–Crippen MR) is 71.8 cm³/mol. The number of benzene rings is 1. The van der Waals surface area contributed by atoms with Crippen LogP contribution < -0.4 is 5.32 Å². The number of carbonyl (C=O) groups is 1. The van der Waals surface area contributed by atoms with Crippen molar-refractivity contribution in [3.63, 3.8) is 0 Å². The zero-order chi connectivity index (χ0) is 12.3. The number of halogens is 1. The number of rotatable bonds is 4. The molecule has 1 atom stereocenters. The number of amidine groups is 1. The van der Waals surface area contributed by atoms with Gasteiger partial charge in [-0.25, -0.2) is 0 Å². The summed E-state index contributed by atoms with van der Waals surface area (Å²) < 4.78 is 0. The topological polar surface area (TPSA) is 41.5 Å². The van der Waals surface area contributed by atoms with Crippen molar-refractivity contribution in [1.82, 2.24) is 5.32 Å². The Kier molecular flexibility index (Phi) is 4.07. The highest BCUT2D eigenvalue weighted by Gasteiger charge is 2.23. The van der Waals surface area contributed by atoms with E-state index >= 15 is 0 Å². The molecule has 1 N–H and O–H groups in total. The first-order valence-corrected chi connectivity index (χ1v) is 6.81. The van der Waals surface area contributed by atoms with Gasteiger partial charge in [0.25, 0.3) is 0 Å². The molecule has 5 heteroatoms. The minimum atomic E-state index is -0.198. The van der Waals surface area contributed by atoms with Gasteiger partial charge in [-0.2, -0.15) is 0 Å². The molecule has 0 bridgehead atoms. The van der Waals surface area contributed by atoms with E-state index in [0.29, 0.717) is 5.75 Å². The molecule has 1 amide bonds. The number of aliphatic imine (C=N–C) groups is 1. The molecule has 0 radical (unpaired) electrons. The number of amides is 1. The van der Waals surface area contributed by atoms with E-state index in [1.807, 2.05) is 31.2 Å². The minimum Gasteiger partial charge on any atom is -0.312 e. The number of thioether (sulfide) groups is 1. The summed E-state index contributed by atoms with van der Waals surface area (Å²) in [7, 11) is 0.